The molecule has 0 amide bonds. The SMILES string of the molecule is CN1CCCC1=NCCSc1c(N2C=CSC2)[nH]c2ccccc12. The first-order chi connectivity index (χ1) is 11.8. The predicted molar refractivity (Wildman–Crippen MR) is 107 cm³/mol. The number of likely N-dealkylation sites (tertiary alicyclic amines) is 1. The number of aromatic amines is 1. The highest BCUT2D eigenvalue weighted by Crippen LogP contribution is 2.39. The Morgan fingerprint density at radius 3 is 3.04 bits per heavy atom. The molecule has 1 aromatic heterocycles. The zero-order chi connectivity index (χ0) is 16.4. The predicted octanol–water partition coefficient (Wildman–Crippen LogP) is 4.37. The van der Waals surface area contributed by atoms with Crippen LogP contribution in [0.5, 0.6) is 0 Å². The van der Waals surface area contributed by atoms with E-state index in [0.29, 0.717) is 0 Å². The molecule has 1 N–H and O–H groups in total. The van der Waals surface area contributed by atoms with E-state index in [4.69, 9.17) is 4.99 Å². The van der Waals surface area contributed by atoms with E-state index in [2.05, 4.69) is 57.7 Å². The average Bonchev–Trinajstić information content (AvgIpc) is 3.32. The van der Waals surface area contributed by atoms with Crippen molar-refractivity contribution in [3.63, 3.8) is 0 Å². The van der Waals surface area contributed by atoms with Gasteiger partial charge >= 0.3 is 0 Å². The van der Waals surface area contributed by atoms with Gasteiger partial charge in [0, 0.05) is 42.9 Å². The highest BCUT2D eigenvalue weighted by molar-refractivity contribution is 8.02. The van der Waals surface area contributed by atoms with Crippen molar-refractivity contribution in [1.82, 2.24) is 9.88 Å². The molecule has 0 radical (unpaired) electrons. The van der Waals surface area contributed by atoms with Crippen LogP contribution in [0.1, 0.15) is 12.8 Å². The van der Waals surface area contributed by atoms with E-state index in [1.54, 1.807) is 0 Å². The van der Waals surface area contributed by atoms with Gasteiger partial charge in [0.05, 0.1) is 23.2 Å². The molecule has 0 atom stereocenters. The molecule has 2 aromatic rings. The van der Waals surface area contributed by atoms with E-state index >= 15 is 0 Å². The summed E-state index contributed by atoms with van der Waals surface area (Å²) in [6.07, 6.45) is 4.54. The monoisotopic (exact) mass is 358 g/mol. The Balaban J connectivity index is 1.52. The van der Waals surface area contributed by atoms with Crippen LogP contribution >= 0.6 is 23.5 Å². The van der Waals surface area contributed by atoms with E-state index in [1.165, 1.54) is 33.9 Å². The van der Waals surface area contributed by atoms with Gasteiger partial charge in [-0.25, -0.2) is 0 Å². The number of thioether (sulfide) groups is 2. The highest BCUT2D eigenvalue weighted by Gasteiger charge is 2.18. The fraction of sp³-hybridized carbons (Fsp3) is 0.389. The molecule has 126 valence electrons. The first-order valence-corrected chi connectivity index (χ1v) is 10.4. The lowest BCUT2D eigenvalue weighted by Gasteiger charge is -2.15. The normalized spacial score (nSPS) is 19.3. The Morgan fingerprint density at radius 1 is 1.33 bits per heavy atom. The minimum absolute atomic E-state index is 0.883. The summed E-state index contributed by atoms with van der Waals surface area (Å²) in [6.45, 7) is 2.03. The fourth-order valence-corrected chi connectivity index (χ4v) is 4.91. The Labute approximate surface area is 151 Å². The number of para-hydroxylation sites is 1. The van der Waals surface area contributed by atoms with Crippen LogP contribution in [0.15, 0.2) is 45.8 Å². The Hall–Kier alpha value is -1.53. The van der Waals surface area contributed by atoms with Crippen molar-refractivity contribution in [2.24, 2.45) is 4.99 Å². The molecular formula is C18H22N4S2. The van der Waals surface area contributed by atoms with Crippen LogP contribution < -0.4 is 4.90 Å². The second-order valence-corrected chi connectivity index (χ2v) is 8.04. The summed E-state index contributed by atoms with van der Waals surface area (Å²) >= 11 is 3.74. The van der Waals surface area contributed by atoms with Crippen molar-refractivity contribution in [2.45, 2.75) is 17.7 Å². The van der Waals surface area contributed by atoms with Gasteiger partial charge in [0.1, 0.15) is 5.82 Å². The van der Waals surface area contributed by atoms with Gasteiger partial charge in [-0.05, 0) is 17.9 Å². The maximum Gasteiger partial charge on any atom is 0.125 e. The summed E-state index contributed by atoms with van der Waals surface area (Å²) < 4.78 is 0. The molecule has 1 aromatic carbocycles. The Kier molecular flexibility index (Phi) is 4.76. The van der Waals surface area contributed by atoms with E-state index < -0.39 is 0 Å². The summed E-state index contributed by atoms with van der Waals surface area (Å²) in [5, 5.41) is 3.47. The van der Waals surface area contributed by atoms with E-state index in [0.717, 1.165) is 31.1 Å². The van der Waals surface area contributed by atoms with E-state index in [1.807, 2.05) is 23.5 Å². The molecule has 1 saturated heterocycles. The molecule has 6 heteroatoms. The number of anilines is 1. The van der Waals surface area contributed by atoms with Gasteiger partial charge < -0.3 is 14.8 Å². The quantitative estimate of drug-likeness (QED) is 0.636. The van der Waals surface area contributed by atoms with Gasteiger partial charge in [0.15, 0.2) is 0 Å². The summed E-state index contributed by atoms with van der Waals surface area (Å²) in [5.74, 6) is 4.48. The smallest absolute Gasteiger partial charge is 0.125 e. The van der Waals surface area contributed by atoms with E-state index in [9.17, 15) is 0 Å². The third-order valence-electron chi connectivity index (χ3n) is 4.44. The lowest BCUT2D eigenvalue weighted by atomic mass is 10.2. The van der Waals surface area contributed by atoms with Crippen LogP contribution in [-0.2, 0) is 0 Å². The summed E-state index contributed by atoms with van der Waals surface area (Å²) in [7, 11) is 2.15. The minimum atomic E-state index is 0.883. The third-order valence-corrected chi connectivity index (χ3v) is 6.27. The van der Waals surface area contributed by atoms with Gasteiger partial charge in [-0.3, -0.25) is 4.99 Å². The third kappa shape index (κ3) is 3.17. The van der Waals surface area contributed by atoms with Crippen molar-refractivity contribution < 1.29 is 0 Å². The molecule has 3 heterocycles. The van der Waals surface area contributed by atoms with Crippen LogP contribution in [0.25, 0.3) is 10.9 Å². The second-order valence-electron chi connectivity index (χ2n) is 6.07. The van der Waals surface area contributed by atoms with Crippen LogP contribution in [-0.4, -0.2) is 47.5 Å². The summed E-state index contributed by atoms with van der Waals surface area (Å²) in [6, 6.07) is 8.57. The molecule has 4 rings (SSSR count). The molecule has 2 aliphatic rings. The van der Waals surface area contributed by atoms with Gasteiger partial charge in [-0.2, -0.15) is 0 Å². The largest absolute Gasteiger partial charge is 0.363 e. The fourth-order valence-electron chi connectivity index (χ4n) is 3.19. The number of nitrogens with one attached hydrogen (secondary N) is 1. The van der Waals surface area contributed by atoms with Crippen LogP contribution in [0.3, 0.4) is 0 Å². The number of aromatic nitrogens is 1. The van der Waals surface area contributed by atoms with Gasteiger partial charge in [0.2, 0.25) is 0 Å². The molecule has 0 saturated carbocycles. The lowest BCUT2D eigenvalue weighted by molar-refractivity contribution is 0.548. The Bertz CT molecular complexity index is 780. The molecule has 0 bridgehead atoms. The molecular weight excluding hydrogens is 336 g/mol. The van der Waals surface area contributed by atoms with Gasteiger partial charge in [-0.15, -0.1) is 23.5 Å². The summed E-state index contributed by atoms with van der Waals surface area (Å²) in [5.41, 5.74) is 1.21. The number of hydrogen-bond acceptors (Lipinski definition) is 4. The Morgan fingerprint density at radius 2 is 2.25 bits per heavy atom. The van der Waals surface area contributed by atoms with Crippen molar-refractivity contribution in [2.75, 3.05) is 36.7 Å². The molecule has 2 aliphatic heterocycles. The number of amidine groups is 1. The molecule has 4 nitrogen and oxygen atoms in total. The molecule has 24 heavy (non-hydrogen) atoms. The molecule has 1 fully saturated rings. The molecule has 0 spiro atoms. The number of rotatable bonds is 5. The second kappa shape index (κ2) is 7.15. The summed E-state index contributed by atoms with van der Waals surface area (Å²) in [4.78, 5) is 14.3. The number of H-pyrrole nitrogens is 1. The standard InChI is InChI=1S/C18H22N4S2/c1-21-9-4-7-16(21)19-8-11-24-17-14-5-2-3-6-15(14)20-18(17)22-10-12-23-13-22/h2-3,5-6,10,12,20H,4,7-9,11,13H2,1H3. The van der Waals surface area contributed by atoms with Crippen LogP contribution in [0.4, 0.5) is 5.82 Å². The number of aliphatic imine (C=N–C) groups is 1. The zero-order valence-corrected chi connectivity index (χ0v) is 15.5. The highest BCUT2D eigenvalue weighted by atomic mass is 32.2. The maximum absolute atomic E-state index is 4.79. The maximum atomic E-state index is 4.79. The van der Waals surface area contributed by atoms with E-state index in [-0.39, 0.29) is 0 Å². The van der Waals surface area contributed by atoms with Crippen molar-refractivity contribution in [1.29, 1.82) is 0 Å². The molecule has 0 unspecified atom stereocenters. The number of nitrogens with zero attached hydrogens (tertiary/aromatic N) is 3. The topological polar surface area (TPSA) is 34.6 Å². The van der Waals surface area contributed by atoms with Crippen molar-refractivity contribution in [3.8, 4) is 0 Å². The van der Waals surface area contributed by atoms with Gasteiger partial charge in [0.25, 0.3) is 0 Å². The number of fused-ring (bicyclic) bond motifs is 1. The van der Waals surface area contributed by atoms with Gasteiger partial charge in [-0.1, -0.05) is 18.2 Å². The number of hydrogen-bond donors (Lipinski definition) is 1. The molecule has 0 aliphatic carbocycles. The zero-order valence-electron chi connectivity index (χ0n) is 13.9. The lowest BCUT2D eigenvalue weighted by Crippen LogP contribution is -2.19. The first-order valence-electron chi connectivity index (χ1n) is 8.36. The number of benzene rings is 1. The average molecular weight is 359 g/mol. The van der Waals surface area contributed by atoms with Crippen LogP contribution in [0.2, 0.25) is 0 Å². The van der Waals surface area contributed by atoms with Crippen LogP contribution in [0, 0.1) is 0 Å². The van der Waals surface area contributed by atoms with Crippen molar-refractivity contribution in [3.05, 3.63) is 35.9 Å². The van der Waals surface area contributed by atoms with Crippen molar-refractivity contribution >= 4 is 46.1 Å². The first kappa shape index (κ1) is 16.0. The minimum Gasteiger partial charge on any atom is -0.363 e.